The van der Waals surface area contributed by atoms with Gasteiger partial charge in [0.25, 0.3) is 0 Å². The van der Waals surface area contributed by atoms with Crippen molar-refractivity contribution in [1.29, 1.82) is 0 Å². The van der Waals surface area contributed by atoms with Gasteiger partial charge in [0.2, 0.25) is 5.88 Å². The molecule has 0 saturated carbocycles. The van der Waals surface area contributed by atoms with E-state index in [1.807, 2.05) is 12.1 Å². The second-order valence-electron chi connectivity index (χ2n) is 4.51. The topological polar surface area (TPSA) is 34.1 Å². The van der Waals surface area contributed by atoms with Crippen molar-refractivity contribution in [2.45, 2.75) is 38.1 Å². The molecule has 1 N–H and O–H groups in total. The van der Waals surface area contributed by atoms with E-state index in [4.69, 9.17) is 4.74 Å². The van der Waals surface area contributed by atoms with Gasteiger partial charge in [-0.1, -0.05) is 13.0 Å². The Hall–Kier alpha value is -1.09. The molecule has 3 nitrogen and oxygen atoms in total. The number of nitrogens with zero attached hydrogens (tertiary/aromatic N) is 1. The zero-order valence-electron chi connectivity index (χ0n) is 10.1. The lowest BCUT2D eigenvalue weighted by molar-refractivity contribution is 0.351. The molecule has 0 bridgehead atoms. The fourth-order valence-electron chi connectivity index (χ4n) is 2.46. The van der Waals surface area contributed by atoms with Crippen molar-refractivity contribution in [3.05, 3.63) is 23.9 Å². The number of methoxy groups -OCH3 is 1. The van der Waals surface area contributed by atoms with Crippen molar-refractivity contribution in [1.82, 2.24) is 10.3 Å². The highest BCUT2D eigenvalue weighted by molar-refractivity contribution is 5.18. The van der Waals surface area contributed by atoms with Crippen molar-refractivity contribution in [2.24, 2.45) is 0 Å². The fourth-order valence-corrected chi connectivity index (χ4v) is 2.46. The summed E-state index contributed by atoms with van der Waals surface area (Å²) >= 11 is 0. The molecule has 0 amide bonds. The maximum absolute atomic E-state index is 5.15. The molecule has 1 aliphatic rings. The molecule has 2 heterocycles. The lowest BCUT2D eigenvalue weighted by atomic mass is 9.89. The third kappa shape index (κ3) is 2.35. The SMILES string of the molecule is CCC1(Cc2cccc(OC)n2)CCCN1. The van der Waals surface area contributed by atoms with Gasteiger partial charge in [0, 0.05) is 23.7 Å². The highest BCUT2D eigenvalue weighted by Gasteiger charge is 2.31. The first-order chi connectivity index (χ1) is 7.78. The Labute approximate surface area is 97.2 Å². The summed E-state index contributed by atoms with van der Waals surface area (Å²) < 4.78 is 5.15. The van der Waals surface area contributed by atoms with Gasteiger partial charge >= 0.3 is 0 Å². The zero-order valence-corrected chi connectivity index (χ0v) is 10.1. The highest BCUT2D eigenvalue weighted by Crippen LogP contribution is 2.27. The van der Waals surface area contributed by atoms with Gasteiger partial charge in [0.05, 0.1) is 7.11 Å². The van der Waals surface area contributed by atoms with E-state index in [0.717, 1.165) is 25.1 Å². The third-order valence-corrected chi connectivity index (χ3v) is 3.52. The number of pyridine rings is 1. The largest absolute Gasteiger partial charge is 0.481 e. The molecule has 1 aliphatic heterocycles. The molecule has 0 aromatic carbocycles. The van der Waals surface area contributed by atoms with Gasteiger partial charge in [-0.3, -0.25) is 0 Å². The molecule has 1 atom stereocenters. The first-order valence-electron chi connectivity index (χ1n) is 6.03. The van der Waals surface area contributed by atoms with Crippen LogP contribution < -0.4 is 10.1 Å². The summed E-state index contributed by atoms with van der Waals surface area (Å²) in [5, 5.41) is 3.62. The summed E-state index contributed by atoms with van der Waals surface area (Å²) in [6.07, 6.45) is 4.69. The Morgan fingerprint density at radius 3 is 3.00 bits per heavy atom. The van der Waals surface area contributed by atoms with Crippen LogP contribution in [0.3, 0.4) is 0 Å². The normalized spacial score (nSPS) is 24.6. The molecular weight excluding hydrogens is 200 g/mol. The molecule has 2 rings (SSSR count). The average Bonchev–Trinajstić information content (AvgIpc) is 2.78. The van der Waals surface area contributed by atoms with E-state index in [2.05, 4.69) is 23.3 Å². The minimum absolute atomic E-state index is 0.263. The summed E-state index contributed by atoms with van der Waals surface area (Å²) in [7, 11) is 1.66. The lowest BCUT2D eigenvalue weighted by Gasteiger charge is -2.27. The van der Waals surface area contributed by atoms with E-state index in [1.54, 1.807) is 7.11 Å². The molecule has 3 heteroatoms. The minimum Gasteiger partial charge on any atom is -0.481 e. The van der Waals surface area contributed by atoms with Crippen LogP contribution in [-0.2, 0) is 6.42 Å². The molecule has 1 aromatic heterocycles. The van der Waals surface area contributed by atoms with E-state index >= 15 is 0 Å². The van der Waals surface area contributed by atoms with Crippen molar-refractivity contribution in [3.8, 4) is 5.88 Å². The molecule has 16 heavy (non-hydrogen) atoms. The maximum Gasteiger partial charge on any atom is 0.213 e. The fraction of sp³-hybridized carbons (Fsp3) is 0.615. The molecule has 0 radical (unpaired) electrons. The van der Waals surface area contributed by atoms with Crippen molar-refractivity contribution in [3.63, 3.8) is 0 Å². The van der Waals surface area contributed by atoms with E-state index in [0.29, 0.717) is 5.88 Å². The zero-order chi connectivity index (χ0) is 11.4. The summed E-state index contributed by atoms with van der Waals surface area (Å²) in [5.41, 5.74) is 1.38. The van der Waals surface area contributed by atoms with Crippen LogP contribution in [0.15, 0.2) is 18.2 Å². The van der Waals surface area contributed by atoms with Gasteiger partial charge in [-0.05, 0) is 31.9 Å². The Morgan fingerprint density at radius 2 is 2.38 bits per heavy atom. The number of hydrogen-bond acceptors (Lipinski definition) is 3. The number of nitrogens with one attached hydrogen (secondary N) is 1. The van der Waals surface area contributed by atoms with Crippen molar-refractivity contribution >= 4 is 0 Å². The Kier molecular flexibility index (Phi) is 3.44. The van der Waals surface area contributed by atoms with Crippen LogP contribution in [0.1, 0.15) is 31.9 Å². The van der Waals surface area contributed by atoms with Gasteiger partial charge in [-0.2, -0.15) is 0 Å². The highest BCUT2D eigenvalue weighted by atomic mass is 16.5. The summed E-state index contributed by atoms with van der Waals surface area (Å²) in [6, 6.07) is 5.99. The van der Waals surface area contributed by atoms with Crippen LogP contribution in [0.4, 0.5) is 0 Å². The maximum atomic E-state index is 5.15. The van der Waals surface area contributed by atoms with Crippen molar-refractivity contribution in [2.75, 3.05) is 13.7 Å². The standard InChI is InChI=1S/C13H20N2O/c1-3-13(8-5-9-14-13)10-11-6-4-7-12(15-11)16-2/h4,6-7,14H,3,5,8-10H2,1-2H3. The molecule has 0 spiro atoms. The second-order valence-corrected chi connectivity index (χ2v) is 4.51. The Morgan fingerprint density at radius 1 is 1.50 bits per heavy atom. The van der Waals surface area contributed by atoms with Gasteiger partial charge < -0.3 is 10.1 Å². The number of ether oxygens (including phenoxy) is 1. The van der Waals surface area contributed by atoms with Crippen LogP contribution >= 0.6 is 0 Å². The minimum atomic E-state index is 0.263. The monoisotopic (exact) mass is 220 g/mol. The first kappa shape index (κ1) is 11.4. The summed E-state index contributed by atoms with van der Waals surface area (Å²) in [5.74, 6) is 0.710. The molecule has 1 fully saturated rings. The second kappa shape index (κ2) is 4.83. The number of hydrogen-bond donors (Lipinski definition) is 1. The van der Waals surface area contributed by atoms with Crippen LogP contribution in [0.25, 0.3) is 0 Å². The predicted molar refractivity (Wildman–Crippen MR) is 64.8 cm³/mol. The van der Waals surface area contributed by atoms with Crippen LogP contribution in [0.5, 0.6) is 5.88 Å². The van der Waals surface area contributed by atoms with Crippen LogP contribution in [-0.4, -0.2) is 24.2 Å². The first-order valence-corrected chi connectivity index (χ1v) is 6.03. The van der Waals surface area contributed by atoms with E-state index in [1.165, 1.54) is 12.8 Å². The van der Waals surface area contributed by atoms with E-state index < -0.39 is 0 Å². The molecule has 1 unspecified atom stereocenters. The van der Waals surface area contributed by atoms with Gasteiger partial charge in [-0.25, -0.2) is 4.98 Å². The van der Waals surface area contributed by atoms with E-state index in [-0.39, 0.29) is 5.54 Å². The quantitative estimate of drug-likeness (QED) is 0.844. The van der Waals surface area contributed by atoms with Crippen LogP contribution in [0, 0.1) is 0 Å². The Bertz CT molecular complexity index is 346. The molecule has 88 valence electrons. The van der Waals surface area contributed by atoms with Gasteiger partial charge in [-0.15, -0.1) is 0 Å². The lowest BCUT2D eigenvalue weighted by Crippen LogP contribution is -2.41. The van der Waals surface area contributed by atoms with Gasteiger partial charge in [0.1, 0.15) is 0 Å². The number of rotatable bonds is 4. The van der Waals surface area contributed by atoms with E-state index in [9.17, 15) is 0 Å². The average molecular weight is 220 g/mol. The third-order valence-electron chi connectivity index (χ3n) is 3.52. The molecule has 0 aliphatic carbocycles. The summed E-state index contributed by atoms with van der Waals surface area (Å²) in [6.45, 7) is 3.39. The molecular formula is C13H20N2O. The van der Waals surface area contributed by atoms with Crippen molar-refractivity contribution < 1.29 is 4.74 Å². The Balaban J connectivity index is 2.12. The smallest absolute Gasteiger partial charge is 0.213 e. The predicted octanol–water partition coefficient (Wildman–Crippen LogP) is 2.16. The van der Waals surface area contributed by atoms with Crippen LogP contribution in [0.2, 0.25) is 0 Å². The molecule has 1 aromatic rings. The number of aromatic nitrogens is 1. The molecule has 1 saturated heterocycles. The van der Waals surface area contributed by atoms with Gasteiger partial charge in [0.15, 0.2) is 0 Å². The summed E-state index contributed by atoms with van der Waals surface area (Å²) in [4.78, 5) is 4.49.